The monoisotopic (exact) mass is 456 g/mol. The number of aryl methyl sites for hydroxylation is 2. The average Bonchev–Trinajstić information content (AvgIpc) is 3.23. The van der Waals surface area contributed by atoms with E-state index in [2.05, 4.69) is 25.7 Å². The van der Waals surface area contributed by atoms with Crippen LogP contribution in [0.3, 0.4) is 0 Å². The van der Waals surface area contributed by atoms with E-state index in [1.165, 1.54) is 11.3 Å². The summed E-state index contributed by atoms with van der Waals surface area (Å²) in [6.07, 6.45) is -3.38. The van der Waals surface area contributed by atoms with Gasteiger partial charge in [-0.1, -0.05) is 22.7 Å². The van der Waals surface area contributed by atoms with Crippen molar-refractivity contribution >= 4 is 57.0 Å². The van der Waals surface area contributed by atoms with Gasteiger partial charge in [-0.05, 0) is 18.4 Å². The van der Waals surface area contributed by atoms with Crippen molar-refractivity contribution in [2.45, 2.75) is 31.5 Å². The first-order valence-electron chi connectivity index (χ1n) is 7.66. The second-order valence-electron chi connectivity index (χ2n) is 5.40. The van der Waals surface area contributed by atoms with Crippen molar-refractivity contribution < 1.29 is 27.9 Å². The Bertz CT molecular complexity index is 811. The van der Waals surface area contributed by atoms with Crippen molar-refractivity contribution in [2.75, 3.05) is 22.1 Å². The Morgan fingerprint density at radius 1 is 1.11 bits per heavy atom. The van der Waals surface area contributed by atoms with Crippen LogP contribution in [0.2, 0.25) is 0 Å². The molecule has 28 heavy (non-hydrogen) atoms. The molecule has 0 saturated heterocycles. The maximum Gasteiger partial charge on any atom is 0.426 e. The first-order valence-corrected chi connectivity index (χ1v) is 10.5. The lowest BCUT2D eigenvalue weighted by molar-refractivity contribution is -0.242. The van der Waals surface area contributed by atoms with Crippen LogP contribution in [0.25, 0.3) is 0 Å². The van der Waals surface area contributed by atoms with Crippen LogP contribution >= 0.6 is 34.4 Å². The normalized spacial score (nSPS) is 13.8. The summed E-state index contributed by atoms with van der Waals surface area (Å²) in [5, 5.41) is 30.4. The van der Waals surface area contributed by atoms with Gasteiger partial charge in [0, 0.05) is 12.8 Å². The van der Waals surface area contributed by atoms with Crippen LogP contribution in [-0.4, -0.2) is 61.1 Å². The van der Waals surface area contributed by atoms with Gasteiger partial charge in [-0.2, -0.15) is 24.9 Å². The van der Waals surface area contributed by atoms with Gasteiger partial charge in [-0.15, -0.1) is 20.4 Å². The number of alkyl halides is 3. The summed E-state index contributed by atoms with van der Waals surface area (Å²) in [6, 6.07) is 0. The molecule has 0 aliphatic rings. The lowest BCUT2D eigenvalue weighted by atomic mass is 10.1. The molecule has 1 unspecified atom stereocenters. The molecule has 0 aliphatic carbocycles. The van der Waals surface area contributed by atoms with E-state index in [1.807, 2.05) is 5.32 Å². The summed E-state index contributed by atoms with van der Waals surface area (Å²) >= 11 is 3.84. The number of amides is 2. The second kappa shape index (κ2) is 9.58. The first-order chi connectivity index (χ1) is 13.1. The van der Waals surface area contributed by atoms with E-state index in [1.54, 1.807) is 11.8 Å². The topological polar surface area (TPSA) is 130 Å². The zero-order valence-corrected chi connectivity index (χ0v) is 16.8. The highest BCUT2D eigenvalue weighted by molar-refractivity contribution is 7.99. The van der Waals surface area contributed by atoms with Gasteiger partial charge in [0.1, 0.15) is 10.0 Å². The minimum atomic E-state index is -5.10. The smallest absolute Gasteiger partial charge is 0.373 e. The molecule has 2 rings (SSSR count). The van der Waals surface area contributed by atoms with Gasteiger partial charge >= 0.3 is 6.18 Å². The highest BCUT2D eigenvalue weighted by Gasteiger charge is 2.56. The van der Waals surface area contributed by atoms with Crippen LogP contribution in [0.4, 0.5) is 23.4 Å². The van der Waals surface area contributed by atoms with Crippen LogP contribution in [0.15, 0.2) is 0 Å². The maximum atomic E-state index is 12.6. The van der Waals surface area contributed by atoms with E-state index in [0.717, 1.165) is 22.1 Å². The second-order valence-corrected chi connectivity index (χ2v) is 8.75. The van der Waals surface area contributed by atoms with E-state index in [-0.39, 0.29) is 5.13 Å². The quantitative estimate of drug-likeness (QED) is 0.364. The Hall–Kier alpha value is -1.84. The van der Waals surface area contributed by atoms with Crippen molar-refractivity contribution in [2.24, 2.45) is 0 Å². The van der Waals surface area contributed by atoms with Gasteiger partial charge in [0.25, 0.3) is 5.91 Å². The van der Waals surface area contributed by atoms with Gasteiger partial charge in [-0.3, -0.25) is 14.9 Å². The standard InChI is InChI=1S/C13H15F3N6O3S3/c1-12(25,13(14,15)16)9(24)18-11-22-20-8(28-11)3-5-26-4-2-7-19-21-10(27-7)17-6-23/h6,25H,2-5H2,1H3,(H,17,21,23)(H,18,22,24). The Morgan fingerprint density at radius 3 is 2.18 bits per heavy atom. The molecule has 0 bridgehead atoms. The van der Waals surface area contributed by atoms with Crippen LogP contribution in [0, 0.1) is 0 Å². The molecule has 9 nitrogen and oxygen atoms in total. The van der Waals surface area contributed by atoms with E-state index >= 15 is 0 Å². The van der Waals surface area contributed by atoms with Crippen LogP contribution in [-0.2, 0) is 22.4 Å². The van der Waals surface area contributed by atoms with Crippen molar-refractivity contribution in [1.82, 2.24) is 20.4 Å². The highest BCUT2D eigenvalue weighted by Crippen LogP contribution is 2.31. The number of thioether (sulfide) groups is 1. The number of aliphatic hydroxyl groups is 1. The third kappa shape index (κ3) is 6.08. The summed E-state index contributed by atoms with van der Waals surface area (Å²) in [5.74, 6) is -0.175. The molecule has 15 heteroatoms. The Labute approximate surface area is 169 Å². The predicted octanol–water partition coefficient (Wildman–Crippen LogP) is 1.73. The van der Waals surface area contributed by atoms with Crippen molar-refractivity contribution in [1.29, 1.82) is 0 Å². The number of hydrogen-bond donors (Lipinski definition) is 3. The van der Waals surface area contributed by atoms with E-state index in [0.29, 0.717) is 42.1 Å². The zero-order valence-electron chi connectivity index (χ0n) is 14.3. The van der Waals surface area contributed by atoms with E-state index in [9.17, 15) is 27.9 Å². The predicted molar refractivity (Wildman–Crippen MR) is 99.5 cm³/mol. The molecule has 0 aliphatic heterocycles. The number of aromatic nitrogens is 4. The molecule has 0 fully saturated rings. The number of anilines is 2. The fraction of sp³-hybridized carbons (Fsp3) is 0.538. The number of carbonyl (C=O) groups is 2. The molecule has 2 aromatic heterocycles. The largest absolute Gasteiger partial charge is 0.426 e. The van der Waals surface area contributed by atoms with E-state index in [4.69, 9.17) is 0 Å². The Kier molecular flexibility index (Phi) is 7.68. The Balaban J connectivity index is 1.72. The van der Waals surface area contributed by atoms with Crippen LogP contribution in [0.1, 0.15) is 16.9 Å². The summed E-state index contributed by atoms with van der Waals surface area (Å²) in [5.41, 5.74) is -3.51. The summed E-state index contributed by atoms with van der Waals surface area (Å²) in [6.45, 7) is 0.372. The number of hydrogen-bond acceptors (Lipinski definition) is 10. The van der Waals surface area contributed by atoms with Crippen molar-refractivity contribution in [3.63, 3.8) is 0 Å². The molecule has 0 spiro atoms. The summed E-state index contributed by atoms with van der Waals surface area (Å²) in [4.78, 5) is 21.9. The fourth-order valence-corrected chi connectivity index (χ4v) is 4.21. The molecule has 3 N–H and O–H groups in total. The number of nitrogens with one attached hydrogen (secondary N) is 2. The van der Waals surface area contributed by atoms with E-state index < -0.39 is 17.7 Å². The molecular formula is C13H15F3N6O3S3. The molecule has 2 amide bonds. The lowest BCUT2D eigenvalue weighted by Crippen LogP contribution is -2.52. The Morgan fingerprint density at radius 2 is 1.64 bits per heavy atom. The number of halogens is 3. The van der Waals surface area contributed by atoms with Gasteiger partial charge in [0.15, 0.2) is 0 Å². The summed E-state index contributed by atoms with van der Waals surface area (Å²) in [7, 11) is 0. The first kappa shape index (κ1) is 22.4. The number of rotatable bonds is 10. The molecule has 154 valence electrons. The minimum Gasteiger partial charge on any atom is -0.373 e. The summed E-state index contributed by atoms with van der Waals surface area (Å²) < 4.78 is 37.9. The third-order valence-electron chi connectivity index (χ3n) is 3.25. The zero-order chi connectivity index (χ0) is 20.8. The minimum absolute atomic E-state index is 0.112. The number of carbonyl (C=O) groups excluding carboxylic acids is 2. The van der Waals surface area contributed by atoms with Crippen LogP contribution < -0.4 is 10.6 Å². The van der Waals surface area contributed by atoms with Crippen molar-refractivity contribution in [3.05, 3.63) is 10.0 Å². The highest BCUT2D eigenvalue weighted by atomic mass is 32.2. The maximum absolute atomic E-state index is 12.6. The molecule has 0 radical (unpaired) electrons. The number of nitrogens with zero attached hydrogens (tertiary/aromatic N) is 4. The van der Waals surface area contributed by atoms with Crippen LogP contribution in [0.5, 0.6) is 0 Å². The molecule has 1 atom stereocenters. The molecule has 2 heterocycles. The van der Waals surface area contributed by atoms with Crippen molar-refractivity contribution in [3.8, 4) is 0 Å². The molecule has 0 aromatic carbocycles. The third-order valence-corrected chi connectivity index (χ3v) is 6.05. The SMILES string of the molecule is CC(O)(C(=O)Nc1nnc(CCSCCc2nnc(NC=O)s2)s1)C(F)(F)F. The van der Waals surface area contributed by atoms with Gasteiger partial charge in [0.05, 0.1) is 0 Å². The van der Waals surface area contributed by atoms with Gasteiger partial charge in [0.2, 0.25) is 22.3 Å². The molecular weight excluding hydrogens is 441 g/mol. The van der Waals surface area contributed by atoms with Gasteiger partial charge in [-0.25, -0.2) is 0 Å². The molecule has 2 aromatic rings. The molecule has 0 saturated carbocycles. The fourth-order valence-electron chi connectivity index (χ4n) is 1.64. The van der Waals surface area contributed by atoms with Gasteiger partial charge < -0.3 is 10.4 Å². The average molecular weight is 456 g/mol. The lowest BCUT2D eigenvalue weighted by Gasteiger charge is -2.23.